The second-order valence-corrected chi connectivity index (χ2v) is 6.00. The molecule has 2 rings (SSSR count). The van der Waals surface area contributed by atoms with E-state index in [1.807, 2.05) is 19.1 Å². The molecule has 0 bridgehead atoms. The molecule has 0 spiro atoms. The van der Waals surface area contributed by atoms with Crippen molar-refractivity contribution in [3.63, 3.8) is 0 Å². The molecule has 1 heterocycles. The highest BCUT2D eigenvalue weighted by atomic mass is 35.5. The van der Waals surface area contributed by atoms with Crippen LogP contribution in [0.15, 0.2) is 36.4 Å². The second-order valence-electron chi connectivity index (χ2n) is 5.66. The summed E-state index contributed by atoms with van der Waals surface area (Å²) in [4.78, 5) is 8.29. The fourth-order valence-electron chi connectivity index (χ4n) is 2.11. The van der Waals surface area contributed by atoms with Crippen LogP contribution in [0.1, 0.15) is 31.5 Å². The largest absolute Gasteiger partial charge is 0.365 e. The Labute approximate surface area is 125 Å². The van der Waals surface area contributed by atoms with E-state index < -0.39 is 0 Å². The van der Waals surface area contributed by atoms with Crippen LogP contribution in [-0.4, -0.2) is 15.5 Å². The van der Waals surface area contributed by atoms with Crippen molar-refractivity contribution < 1.29 is 0 Å². The number of aryl methyl sites for hydroxylation is 2. The number of aromatic nitrogens is 2. The maximum atomic E-state index is 5.89. The highest BCUT2D eigenvalue weighted by molar-refractivity contribution is 6.28. The minimum atomic E-state index is -0.0556. The highest BCUT2D eigenvalue weighted by Crippen LogP contribution is 2.20. The molecule has 0 saturated carbocycles. The zero-order chi connectivity index (χ0) is 14.6. The van der Waals surface area contributed by atoms with Crippen LogP contribution in [0.3, 0.4) is 0 Å². The summed E-state index contributed by atoms with van der Waals surface area (Å²) in [5.41, 5.74) is 2.16. The third-order valence-corrected chi connectivity index (χ3v) is 3.34. The molecule has 0 aliphatic heterocycles. The monoisotopic (exact) mass is 289 g/mol. The summed E-state index contributed by atoms with van der Waals surface area (Å²) in [5, 5.41) is 3.72. The first-order valence-corrected chi connectivity index (χ1v) is 7.16. The minimum absolute atomic E-state index is 0.0556. The van der Waals surface area contributed by atoms with Crippen molar-refractivity contribution >= 4 is 17.4 Å². The van der Waals surface area contributed by atoms with Crippen LogP contribution in [0.5, 0.6) is 0 Å². The molecule has 0 aliphatic rings. The van der Waals surface area contributed by atoms with E-state index in [2.05, 4.69) is 53.4 Å². The van der Waals surface area contributed by atoms with Gasteiger partial charge in [0, 0.05) is 17.3 Å². The molecule has 0 radical (unpaired) electrons. The van der Waals surface area contributed by atoms with Gasteiger partial charge in [-0.3, -0.25) is 0 Å². The number of nitrogens with zero attached hydrogens (tertiary/aromatic N) is 2. The average Bonchev–Trinajstić information content (AvgIpc) is 2.36. The molecule has 20 heavy (non-hydrogen) atoms. The molecule has 2 aromatic rings. The van der Waals surface area contributed by atoms with Gasteiger partial charge in [0.15, 0.2) is 0 Å². The Morgan fingerprint density at radius 3 is 2.50 bits per heavy atom. The van der Waals surface area contributed by atoms with E-state index in [-0.39, 0.29) is 10.8 Å². The molecular formula is C16H20ClN3. The van der Waals surface area contributed by atoms with Gasteiger partial charge in [-0.2, -0.15) is 0 Å². The Balaban J connectivity index is 1.99. The van der Waals surface area contributed by atoms with Crippen LogP contribution < -0.4 is 5.32 Å². The fraction of sp³-hybridized carbons (Fsp3) is 0.375. The number of hydrogen-bond donors (Lipinski definition) is 1. The molecule has 0 aliphatic carbocycles. The van der Waals surface area contributed by atoms with Crippen LogP contribution in [0.2, 0.25) is 5.28 Å². The van der Waals surface area contributed by atoms with Crippen molar-refractivity contribution in [3.05, 3.63) is 52.9 Å². The first-order valence-electron chi connectivity index (χ1n) is 6.78. The van der Waals surface area contributed by atoms with Crippen LogP contribution in [0.25, 0.3) is 0 Å². The van der Waals surface area contributed by atoms with E-state index >= 15 is 0 Å². The number of halogens is 1. The summed E-state index contributed by atoms with van der Waals surface area (Å²) >= 11 is 5.89. The third kappa shape index (κ3) is 4.49. The van der Waals surface area contributed by atoms with Crippen LogP contribution in [0, 0.1) is 6.92 Å². The number of benzene rings is 1. The van der Waals surface area contributed by atoms with Crippen molar-refractivity contribution in [2.75, 3.05) is 5.32 Å². The molecule has 0 amide bonds. The molecule has 0 saturated heterocycles. The van der Waals surface area contributed by atoms with Crippen molar-refractivity contribution in [2.45, 2.75) is 39.2 Å². The van der Waals surface area contributed by atoms with Gasteiger partial charge in [0.25, 0.3) is 0 Å². The van der Waals surface area contributed by atoms with E-state index in [1.54, 1.807) is 0 Å². The Morgan fingerprint density at radius 1 is 1.15 bits per heavy atom. The normalized spacial score (nSPS) is 11.4. The Hall–Kier alpha value is -1.61. The van der Waals surface area contributed by atoms with Gasteiger partial charge in [-0.1, -0.05) is 30.3 Å². The lowest BCUT2D eigenvalue weighted by Crippen LogP contribution is -2.32. The SMILES string of the molecule is Cc1cc(NC(C)(C)CCc2ccccc2)nc(Cl)n1. The summed E-state index contributed by atoms with van der Waals surface area (Å²) < 4.78 is 0. The second kappa shape index (κ2) is 6.23. The van der Waals surface area contributed by atoms with Gasteiger partial charge in [-0.15, -0.1) is 0 Å². The van der Waals surface area contributed by atoms with Gasteiger partial charge in [-0.05, 0) is 50.8 Å². The minimum Gasteiger partial charge on any atom is -0.365 e. The molecular weight excluding hydrogens is 270 g/mol. The predicted octanol–water partition coefficient (Wildman–Crippen LogP) is 4.26. The van der Waals surface area contributed by atoms with E-state index in [1.165, 1.54) is 5.56 Å². The third-order valence-electron chi connectivity index (χ3n) is 3.17. The number of nitrogens with one attached hydrogen (secondary N) is 1. The van der Waals surface area contributed by atoms with Crippen molar-refractivity contribution in [3.8, 4) is 0 Å². The summed E-state index contributed by atoms with van der Waals surface area (Å²) in [5.74, 6) is 0.778. The van der Waals surface area contributed by atoms with Crippen LogP contribution in [0.4, 0.5) is 5.82 Å². The summed E-state index contributed by atoms with van der Waals surface area (Å²) in [6.45, 7) is 6.25. The molecule has 3 nitrogen and oxygen atoms in total. The molecule has 0 fully saturated rings. The summed E-state index contributed by atoms with van der Waals surface area (Å²) in [7, 11) is 0. The molecule has 4 heteroatoms. The molecule has 1 aromatic heterocycles. The van der Waals surface area contributed by atoms with E-state index in [0.29, 0.717) is 0 Å². The Morgan fingerprint density at radius 2 is 1.85 bits per heavy atom. The van der Waals surface area contributed by atoms with E-state index in [9.17, 15) is 0 Å². The topological polar surface area (TPSA) is 37.8 Å². The smallest absolute Gasteiger partial charge is 0.224 e. The quantitative estimate of drug-likeness (QED) is 0.836. The Kier molecular flexibility index (Phi) is 4.61. The first kappa shape index (κ1) is 14.8. The van der Waals surface area contributed by atoms with Gasteiger partial charge in [0.05, 0.1) is 0 Å². The number of hydrogen-bond acceptors (Lipinski definition) is 3. The van der Waals surface area contributed by atoms with Crippen LogP contribution in [-0.2, 0) is 6.42 Å². The maximum absolute atomic E-state index is 5.89. The van der Waals surface area contributed by atoms with Crippen molar-refractivity contribution in [1.29, 1.82) is 0 Å². The zero-order valence-corrected chi connectivity index (χ0v) is 12.9. The Bertz CT molecular complexity index is 547. The predicted molar refractivity (Wildman–Crippen MR) is 84.2 cm³/mol. The van der Waals surface area contributed by atoms with Gasteiger partial charge < -0.3 is 5.32 Å². The van der Waals surface area contributed by atoms with Gasteiger partial charge in [-0.25, -0.2) is 9.97 Å². The van der Waals surface area contributed by atoms with Gasteiger partial charge in [0.1, 0.15) is 5.82 Å². The summed E-state index contributed by atoms with van der Waals surface area (Å²) in [6.07, 6.45) is 2.04. The van der Waals surface area contributed by atoms with Crippen molar-refractivity contribution in [2.24, 2.45) is 0 Å². The summed E-state index contributed by atoms with van der Waals surface area (Å²) in [6, 6.07) is 12.4. The van der Waals surface area contributed by atoms with Gasteiger partial charge >= 0.3 is 0 Å². The van der Waals surface area contributed by atoms with Crippen LogP contribution >= 0.6 is 11.6 Å². The highest BCUT2D eigenvalue weighted by Gasteiger charge is 2.18. The van der Waals surface area contributed by atoms with E-state index in [4.69, 9.17) is 11.6 Å². The maximum Gasteiger partial charge on any atom is 0.224 e. The standard InChI is InChI=1S/C16H20ClN3/c1-12-11-14(19-15(17)18-12)20-16(2,3)10-9-13-7-5-4-6-8-13/h4-8,11H,9-10H2,1-3H3,(H,18,19,20). The van der Waals surface area contributed by atoms with E-state index in [0.717, 1.165) is 24.4 Å². The molecule has 1 aromatic carbocycles. The molecule has 106 valence electrons. The van der Waals surface area contributed by atoms with Gasteiger partial charge in [0.2, 0.25) is 5.28 Å². The zero-order valence-electron chi connectivity index (χ0n) is 12.2. The fourth-order valence-corrected chi connectivity index (χ4v) is 2.33. The number of rotatable bonds is 5. The number of anilines is 1. The molecule has 1 N–H and O–H groups in total. The molecule has 0 unspecified atom stereocenters. The first-order chi connectivity index (χ1) is 9.44. The van der Waals surface area contributed by atoms with Crippen molar-refractivity contribution in [1.82, 2.24) is 9.97 Å². The lowest BCUT2D eigenvalue weighted by Gasteiger charge is -2.27. The lowest BCUT2D eigenvalue weighted by atomic mass is 9.95. The molecule has 0 atom stereocenters. The lowest BCUT2D eigenvalue weighted by molar-refractivity contribution is 0.516. The average molecular weight is 290 g/mol.